The molecule has 5 atom stereocenters. The molecule has 1 aromatic carbocycles. The Labute approximate surface area is 254 Å². The molecule has 1 fully saturated rings. The first-order valence-corrected chi connectivity index (χ1v) is 14.7. The van der Waals surface area contributed by atoms with Crippen LogP contribution in [-0.4, -0.2) is 71.6 Å². The number of rotatable bonds is 4. The lowest BCUT2D eigenvalue weighted by Crippen LogP contribution is -2.61. The van der Waals surface area contributed by atoms with Crippen molar-refractivity contribution in [1.82, 2.24) is 26.1 Å². The molecule has 0 aliphatic carbocycles. The van der Waals surface area contributed by atoms with Crippen molar-refractivity contribution < 1.29 is 37.4 Å². The van der Waals surface area contributed by atoms with E-state index in [4.69, 9.17) is 9.72 Å². The van der Waals surface area contributed by atoms with E-state index in [1.165, 1.54) is 24.9 Å². The van der Waals surface area contributed by atoms with Crippen molar-refractivity contribution >= 4 is 40.7 Å². The van der Waals surface area contributed by atoms with Crippen LogP contribution in [0.5, 0.6) is 0 Å². The van der Waals surface area contributed by atoms with Gasteiger partial charge in [-0.05, 0) is 57.2 Å². The van der Waals surface area contributed by atoms with E-state index in [1.54, 1.807) is 39.0 Å². The lowest BCUT2D eigenvalue weighted by atomic mass is 9.90. The van der Waals surface area contributed by atoms with Crippen LogP contribution < -0.4 is 16.1 Å². The minimum atomic E-state index is -3.14. The third kappa shape index (κ3) is 7.75. The van der Waals surface area contributed by atoms with Crippen molar-refractivity contribution in [2.75, 3.05) is 13.2 Å². The number of carbonyl (C=O) groups is 4. The largest absolute Gasteiger partial charge is 0.451 e. The number of fused-ring (bicyclic) bond motifs is 4. The van der Waals surface area contributed by atoms with E-state index in [9.17, 15) is 28.0 Å². The Morgan fingerprint density at radius 2 is 1.77 bits per heavy atom. The van der Waals surface area contributed by atoms with Gasteiger partial charge in [-0.25, -0.2) is 5.43 Å². The Balaban J connectivity index is 1.75. The molecular weight excluding hydrogens is 576 g/mol. The lowest BCUT2D eigenvalue weighted by Gasteiger charge is -2.35. The summed E-state index contributed by atoms with van der Waals surface area (Å²) in [7, 11) is 0. The van der Waals surface area contributed by atoms with Crippen molar-refractivity contribution in [2.24, 2.45) is 11.3 Å². The average Bonchev–Trinajstić information content (AvgIpc) is 2.99. The van der Waals surface area contributed by atoms with E-state index in [0.29, 0.717) is 36.2 Å². The first-order valence-electron chi connectivity index (χ1n) is 14.7. The van der Waals surface area contributed by atoms with Gasteiger partial charge in [-0.15, -0.1) is 0 Å². The number of amides is 3. The number of alkyl halides is 2. The summed E-state index contributed by atoms with van der Waals surface area (Å²) >= 11 is 0. The summed E-state index contributed by atoms with van der Waals surface area (Å²) < 4.78 is 36.3. The summed E-state index contributed by atoms with van der Waals surface area (Å²) in [6.07, 6.45) is 2.70. The van der Waals surface area contributed by atoms with Crippen molar-refractivity contribution in [2.45, 2.75) is 78.3 Å². The van der Waals surface area contributed by atoms with Gasteiger partial charge >= 0.3 is 12.6 Å². The molecule has 5 bridgehead atoms. The van der Waals surface area contributed by atoms with Crippen molar-refractivity contribution in [1.29, 1.82) is 0 Å². The molecule has 0 radical (unpaired) electrons. The van der Waals surface area contributed by atoms with E-state index in [-0.39, 0.29) is 5.91 Å². The monoisotopic (exact) mass is 615 g/mol. The van der Waals surface area contributed by atoms with Crippen LogP contribution in [0.3, 0.4) is 0 Å². The predicted octanol–water partition coefficient (Wildman–Crippen LogP) is 3.25. The number of nitrogens with zero attached hydrogens (tertiary/aromatic N) is 2. The highest BCUT2D eigenvalue weighted by atomic mass is 19.3. The Hall–Kier alpha value is -3.97. The summed E-state index contributed by atoms with van der Waals surface area (Å²) in [4.78, 5) is 57.9. The van der Waals surface area contributed by atoms with E-state index >= 15 is 0 Å². The van der Waals surface area contributed by atoms with Gasteiger partial charge in [0, 0.05) is 11.9 Å². The maximum Gasteiger partial charge on any atom is 0.345 e. The van der Waals surface area contributed by atoms with E-state index < -0.39 is 66.6 Å². The van der Waals surface area contributed by atoms with Gasteiger partial charge in [0.15, 0.2) is 6.10 Å². The molecule has 4 rings (SSSR count). The quantitative estimate of drug-likeness (QED) is 0.446. The molecule has 2 aromatic rings. The van der Waals surface area contributed by atoms with Crippen LogP contribution in [0.4, 0.5) is 8.78 Å². The molecule has 11 nitrogen and oxygen atoms in total. The Morgan fingerprint density at radius 3 is 2.48 bits per heavy atom. The highest BCUT2D eigenvalue weighted by Crippen LogP contribution is 2.27. The first-order chi connectivity index (χ1) is 20.8. The van der Waals surface area contributed by atoms with Crippen molar-refractivity contribution in [3.05, 3.63) is 47.7 Å². The number of hydrazine groups is 1. The minimum Gasteiger partial charge on any atom is -0.451 e. The standard InChI is InChI=1S/C31H39F2N5O6/c1-17(2)25-27(40)35-19(4)28(41)38-14-6-7-23(37-38)26(39)34-18(3)22-11-10-21-9-8-20(15-24(21)36-22)12-13-31(5,29(42)44-25)16-43-30(32)33/h8-13,15,17-19,23,25,30,37H,6-7,14,16H2,1-5H3,(H,34,39)(H,35,40)/b13-12-/t18-,19+,23+,25+,31?/m1/s1. The van der Waals surface area contributed by atoms with E-state index in [1.807, 2.05) is 18.2 Å². The summed E-state index contributed by atoms with van der Waals surface area (Å²) in [6, 6.07) is 6.90. The minimum absolute atomic E-state index is 0.298. The second kappa shape index (κ2) is 13.8. The van der Waals surface area contributed by atoms with Gasteiger partial charge < -0.3 is 20.1 Å². The second-order valence-electron chi connectivity index (χ2n) is 11.9. The molecule has 1 aromatic heterocycles. The predicted molar refractivity (Wildman–Crippen MR) is 158 cm³/mol. The number of cyclic esters (lactones) is 1. The van der Waals surface area contributed by atoms with Crippen molar-refractivity contribution in [3.8, 4) is 0 Å². The van der Waals surface area contributed by atoms with Gasteiger partial charge in [-0.1, -0.05) is 44.2 Å². The van der Waals surface area contributed by atoms with Crippen LogP contribution in [0.2, 0.25) is 0 Å². The summed E-state index contributed by atoms with van der Waals surface area (Å²) in [5.41, 5.74) is 3.12. The van der Waals surface area contributed by atoms with Crippen LogP contribution in [-0.2, 0) is 28.7 Å². The Kier molecular flexibility index (Phi) is 10.3. The third-order valence-corrected chi connectivity index (χ3v) is 7.76. The van der Waals surface area contributed by atoms with Gasteiger partial charge in [-0.3, -0.25) is 29.2 Å². The zero-order valence-electron chi connectivity index (χ0n) is 25.4. The van der Waals surface area contributed by atoms with Crippen LogP contribution in [0.1, 0.15) is 64.8 Å². The molecule has 0 spiro atoms. The number of hydrogen-bond donors (Lipinski definition) is 3. The Bertz CT molecular complexity index is 1440. The van der Waals surface area contributed by atoms with E-state index in [0.717, 1.165) is 5.39 Å². The van der Waals surface area contributed by atoms with Gasteiger partial charge in [-0.2, -0.15) is 8.78 Å². The molecule has 44 heavy (non-hydrogen) atoms. The fourth-order valence-corrected chi connectivity index (χ4v) is 5.04. The molecule has 3 heterocycles. The normalized spacial score (nSPS) is 28.2. The highest BCUT2D eigenvalue weighted by Gasteiger charge is 2.39. The molecular formula is C31H39F2N5O6. The molecule has 0 saturated carbocycles. The molecule has 2 aliphatic heterocycles. The number of nitrogens with one attached hydrogen (secondary N) is 3. The Morgan fingerprint density at radius 1 is 1.07 bits per heavy atom. The summed E-state index contributed by atoms with van der Waals surface area (Å²) in [5, 5.41) is 7.69. The number of pyridine rings is 1. The fourth-order valence-electron chi connectivity index (χ4n) is 5.04. The molecule has 3 N–H and O–H groups in total. The number of ether oxygens (including phenoxy) is 2. The number of carbonyl (C=O) groups excluding carboxylic acids is 4. The van der Waals surface area contributed by atoms with Crippen LogP contribution >= 0.6 is 0 Å². The first kappa shape index (κ1) is 32.9. The lowest BCUT2D eigenvalue weighted by molar-refractivity contribution is -0.179. The zero-order valence-corrected chi connectivity index (χ0v) is 25.4. The molecule has 13 heteroatoms. The van der Waals surface area contributed by atoms with Crippen molar-refractivity contribution in [3.63, 3.8) is 0 Å². The molecule has 238 valence electrons. The number of benzene rings is 1. The topological polar surface area (TPSA) is 139 Å². The maximum absolute atomic E-state index is 13.5. The smallest absolute Gasteiger partial charge is 0.345 e. The highest BCUT2D eigenvalue weighted by molar-refractivity contribution is 5.91. The molecule has 2 aliphatic rings. The number of esters is 1. The number of halogens is 2. The number of hydrogen-bond acceptors (Lipinski definition) is 8. The molecule has 1 unspecified atom stereocenters. The second-order valence-corrected chi connectivity index (χ2v) is 11.9. The zero-order chi connectivity index (χ0) is 32.2. The number of aromatic nitrogens is 1. The summed E-state index contributed by atoms with van der Waals surface area (Å²) in [6.45, 7) is 4.46. The molecule has 1 saturated heterocycles. The third-order valence-electron chi connectivity index (χ3n) is 7.76. The molecule has 3 amide bonds. The van der Waals surface area contributed by atoms with Gasteiger partial charge in [0.1, 0.15) is 17.5 Å². The fraction of sp³-hybridized carbons (Fsp3) is 0.516. The van der Waals surface area contributed by atoms with Gasteiger partial charge in [0.2, 0.25) is 5.91 Å². The maximum atomic E-state index is 13.5. The van der Waals surface area contributed by atoms with Gasteiger partial charge in [0.05, 0.1) is 23.9 Å². The van der Waals surface area contributed by atoms with E-state index in [2.05, 4.69) is 20.8 Å². The van der Waals surface area contributed by atoms with Crippen LogP contribution in [0, 0.1) is 11.3 Å². The SMILES string of the molecule is CC(C)[C@@H]1OC(=O)C(C)(COC(F)F)/C=C\c2ccc3ccc(nc3c2)[C@@H](C)NC(=O)[C@@H]2CCCN(N2)C(=O)[C@H](C)NC1=O. The van der Waals surface area contributed by atoms with Crippen LogP contribution in [0.25, 0.3) is 17.0 Å². The average molecular weight is 616 g/mol. The van der Waals surface area contributed by atoms with Crippen LogP contribution in [0.15, 0.2) is 36.4 Å². The van der Waals surface area contributed by atoms with Gasteiger partial charge in [0.25, 0.3) is 11.8 Å². The summed E-state index contributed by atoms with van der Waals surface area (Å²) in [5.74, 6) is -2.97.